The summed E-state index contributed by atoms with van der Waals surface area (Å²) in [5, 5.41) is 3.41. The van der Waals surface area contributed by atoms with E-state index in [-0.39, 0.29) is 5.96 Å². The number of oxime groups is 1. The van der Waals surface area contributed by atoms with Gasteiger partial charge in [-0.05, 0) is 18.0 Å². The Morgan fingerprint density at radius 2 is 1.83 bits per heavy atom. The Hall–Kier alpha value is -0.930. The first kappa shape index (κ1) is 11.1. The van der Waals surface area contributed by atoms with E-state index in [1.807, 2.05) is 0 Å². The van der Waals surface area contributed by atoms with Crippen LogP contribution in [0.1, 0.15) is 39.0 Å². The Morgan fingerprint density at radius 3 is 2.42 bits per heavy atom. The molecule has 0 fully saturated rings. The summed E-state index contributed by atoms with van der Waals surface area (Å²) in [7, 11) is 0. The highest BCUT2D eigenvalue weighted by Gasteiger charge is 1.88. The molecule has 0 atom stereocenters. The average Bonchev–Trinajstić information content (AvgIpc) is 2.02. The van der Waals surface area contributed by atoms with Crippen LogP contribution in [0.4, 0.5) is 0 Å². The van der Waals surface area contributed by atoms with Crippen molar-refractivity contribution in [2.24, 2.45) is 16.6 Å². The Bertz CT molecular complexity index is 121. The third kappa shape index (κ3) is 9.07. The third-order valence-electron chi connectivity index (χ3n) is 1.51. The Labute approximate surface area is 73.9 Å². The molecule has 0 amide bonds. The minimum absolute atomic E-state index is 0.0106. The van der Waals surface area contributed by atoms with E-state index in [2.05, 4.69) is 12.1 Å². The third-order valence-corrected chi connectivity index (χ3v) is 1.51. The lowest BCUT2D eigenvalue weighted by Crippen LogP contribution is -2.22. The fourth-order valence-electron chi connectivity index (χ4n) is 0.890. The molecular weight excluding hydrogens is 154 g/mol. The van der Waals surface area contributed by atoms with Crippen LogP contribution in [0.5, 0.6) is 0 Å². The molecule has 0 radical (unpaired) electrons. The van der Waals surface area contributed by atoms with Crippen LogP contribution in [0.15, 0.2) is 5.16 Å². The molecule has 0 saturated heterocycles. The quantitative estimate of drug-likeness (QED) is 0.262. The summed E-state index contributed by atoms with van der Waals surface area (Å²) in [5.41, 5.74) is 10.1. The van der Waals surface area contributed by atoms with Gasteiger partial charge < -0.3 is 16.3 Å². The second-order valence-electron chi connectivity index (χ2n) is 2.76. The second-order valence-corrected chi connectivity index (χ2v) is 2.76. The standard InChI is InChI=1S/C8H19N3O/c1-2-3-4-5-6-7-12-11-8(9)10/h2-7H2,1H3,(H4,9,10,11). The van der Waals surface area contributed by atoms with Crippen LogP contribution >= 0.6 is 0 Å². The molecule has 0 aliphatic carbocycles. The molecule has 0 saturated carbocycles. The van der Waals surface area contributed by atoms with E-state index in [4.69, 9.17) is 16.3 Å². The number of rotatable bonds is 7. The highest BCUT2D eigenvalue weighted by atomic mass is 16.6. The molecule has 0 spiro atoms. The largest absolute Gasteiger partial charge is 0.393 e. The summed E-state index contributed by atoms with van der Waals surface area (Å²) in [6, 6.07) is 0. The normalized spacial score (nSPS) is 9.42. The maximum absolute atomic E-state index is 5.06. The van der Waals surface area contributed by atoms with Crippen molar-refractivity contribution >= 4 is 5.96 Å². The van der Waals surface area contributed by atoms with Crippen LogP contribution in [0.25, 0.3) is 0 Å². The van der Waals surface area contributed by atoms with E-state index in [0.717, 1.165) is 6.42 Å². The average molecular weight is 173 g/mol. The van der Waals surface area contributed by atoms with Crippen molar-refractivity contribution < 1.29 is 4.84 Å². The predicted molar refractivity (Wildman–Crippen MR) is 50.5 cm³/mol. The fraction of sp³-hybridized carbons (Fsp3) is 0.875. The van der Waals surface area contributed by atoms with Crippen molar-refractivity contribution in [3.05, 3.63) is 0 Å². The molecular formula is C8H19N3O. The van der Waals surface area contributed by atoms with Crippen LogP contribution < -0.4 is 11.5 Å². The molecule has 0 unspecified atom stereocenters. The number of hydrogen-bond acceptors (Lipinski definition) is 2. The molecule has 0 bridgehead atoms. The van der Waals surface area contributed by atoms with Crippen LogP contribution in [0.3, 0.4) is 0 Å². The fourth-order valence-corrected chi connectivity index (χ4v) is 0.890. The van der Waals surface area contributed by atoms with Gasteiger partial charge in [0.15, 0.2) is 0 Å². The van der Waals surface area contributed by atoms with Crippen molar-refractivity contribution in [2.45, 2.75) is 39.0 Å². The first-order valence-corrected chi connectivity index (χ1v) is 4.48. The number of unbranched alkanes of at least 4 members (excludes halogenated alkanes) is 4. The van der Waals surface area contributed by atoms with Gasteiger partial charge in [-0.1, -0.05) is 26.2 Å². The lowest BCUT2D eigenvalue weighted by atomic mass is 10.2. The zero-order valence-electron chi connectivity index (χ0n) is 7.75. The Balaban J connectivity index is 2.96. The van der Waals surface area contributed by atoms with E-state index in [9.17, 15) is 0 Å². The Kier molecular flexibility index (Phi) is 7.54. The highest BCUT2D eigenvalue weighted by Crippen LogP contribution is 2.01. The minimum Gasteiger partial charge on any atom is -0.393 e. The lowest BCUT2D eigenvalue weighted by Gasteiger charge is -1.99. The van der Waals surface area contributed by atoms with E-state index in [1.54, 1.807) is 0 Å². The van der Waals surface area contributed by atoms with E-state index < -0.39 is 0 Å². The first-order chi connectivity index (χ1) is 5.77. The van der Waals surface area contributed by atoms with Crippen LogP contribution in [-0.2, 0) is 4.84 Å². The molecule has 0 aliphatic heterocycles. The van der Waals surface area contributed by atoms with E-state index in [0.29, 0.717) is 6.61 Å². The maximum atomic E-state index is 5.06. The van der Waals surface area contributed by atoms with Crippen molar-refractivity contribution in [3.63, 3.8) is 0 Å². The van der Waals surface area contributed by atoms with Crippen molar-refractivity contribution in [2.75, 3.05) is 6.61 Å². The molecule has 0 heterocycles. The van der Waals surface area contributed by atoms with Crippen LogP contribution in [0, 0.1) is 0 Å². The maximum Gasteiger partial charge on any atom is 0.228 e. The molecule has 12 heavy (non-hydrogen) atoms. The van der Waals surface area contributed by atoms with E-state index >= 15 is 0 Å². The van der Waals surface area contributed by atoms with Gasteiger partial charge in [-0.15, -0.1) is 0 Å². The first-order valence-electron chi connectivity index (χ1n) is 4.48. The summed E-state index contributed by atoms with van der Waals surface area (Å²) in [4.78, 5) is 4.81. The van der Waals surface area contributed by atoms with Crippen molar-refractivity contribution in [1.82, 2.24) is 0 Å². The summed E-state index contributed by atoms with van der Waals surface area (Å²) in [5.74, 6) is -0.0106. The molecule has 0 rings (SSSR count). The van der Waals surface area contributed by atoms with Gasteiger partial charge in [0, 0.05) is 0 Å². The van der Waals surface area contributed by atoms with Gasteiger partial charge >= 0.3 is 0 Å². The Morgan fingerprint density at radius 1 is 1.17 bits per heavy atom. The van der Waals surface area contributed by atoms with Gasteiger partial charge in [-0.2, -0.15) is 0 Å². The molecule has 0 aliphatic rings. The van der Waals surface area contributed by atoms with Gasteiger partial charge in [-0.3, -0.25) is 0 Å². The lowest BCUT2D eigenvalue weighted by molar-refractivity contribution is 0.139. The molecule has 4 heteroatoms. The number of hydrogen-bond donors (Lipinski definition) is 2. The zero-order valence-corrected chi connectivity index (χ0v) is 7.75. The van der Waals surface area contributed by atoms with Gasteiger partial charge in [0.05, 0.1) is 0 Å². The van der Waals surface area contributed by atoms with Gasteiger partial charge in [0.2, 0.25) is 5.96 Å². The van der Waals surface area contributed by atoms with Crippen LogP contribution in [0.2, 0.25) is 0 Å². The zero-order chi connectivity index (χ0) is 9.23. The second kappa shape index (κ2) is 8.17. The van der Waals surface area contributed by atoms with Crippen LogP contribution in [-0.4, -0.2) is 12.6 Å². The predicted octanol–water partition coefficient (Wildman–Crippen LogP) is 1.16. The summed E-state index contributed by atoms with van der Waals surface area (Å²) < 4.78 is 0. The number of guanidine groups is 1. The molecule has 0 aromatic rings. The van der Waals surface area contributed by atoms with Crippen molar-refractivity contribution in [1.29, 1.82) is 0 Å². The molecule has 72 valence electrons. The number of nitrogens with zero attached hydrogens (tertiary/aromatic N) is 1. The molecule has 0 aromatic heterocycles. The SMILES string of the molecule is CCCCCCCON=C(N)N. The van der Waals surface area contributed by atoms with Gasteiger partial charge in [0.25, 0.3) is 0 Å². The highest BCUT2D eigenvalue weighted by molar-refractivity contribution is 5.74. The minimum atomic E-state index is -0.0106. The monoisotopic (exact) mass is 173 g/mol. The topological polar surface area (TPSA) is 73.6 Å². The van der Waals surface area contributed by atoms with Gasteiger partial charge in [-0.25, -0.2) is 0 Å². The summed E-state index contributed by atoms with van der Waals surface area (Å²) in [6.45, 7) is 2.80. The van der Waals surface area contributed by atoms with Gasteiger partial charge in [0.1, 0.15) is 6.61 Å². The molecule has 0 aromatic carbocycles. The summed E-state index contributed by atoms with van der Waals surface area (Å²) in [6.07, 6.45) is 6.03. The number of nitrogens with two attached hydrogens (primary N) is 2. The van der Waals surface area contributed by atoms with Crippen molar-refractivity contribution in [3.8, 4) is 0 Å². The smallest absolute Gasteiger partial charge is 0.228 e. The van der Waals surface area contributed by atoms with E-state index in [1.165, 1.54) is 25.7 Å². The summed E-state index contributed by atoms with van der Waals surface area (Å²) >= 11 is 0. The molecule has 4 N–H and O–H groups in total. The molecule has 4 nitrogen and oxygen atoms in total.